The zero-order valence-corrected chi connectivity index (χ0v) is 11.7. The summed E-state index contributed by atoms with van der Waals surface area (Å²) in [6.45, 7) is 4.42. The van der Waals surface area contributed by atoms with Crippen molar-refractivity contribution in [3.63, 3.8) is 0 Å². The maximum Gasteiger partial charge on any atom is 0.128 e. The highest BCUT2D eigenvalue weighted by molar-refractivity contribution is 5.49. The topological polar surface area (TPSA) is 47.9 Å². The predicted molar refractivity (Wildman–Crippen MR) is 70.4 cm³/mol. The molecular weight excluding hydrogens is 232 g/mol. The third-order valence-electron chi connectivity index (χ3n) is 3.07. The monoisotopic (exact) mass is 254 g/mol. The van der Waals surface area contributed by atoms with Gasteiger partial charge in [-0.25, -0.2) is 0 Å². The average molecular weight is 254 g/mol. The Bertz CT molecular complexity index is 374. The quantitative estimate of drug-likeness (QED) is 0.844. The van der Waals surface area contributed by atoms with Crippen molar-refractivity contribution in [3.8, 4) is 11.5 Å². The molecule has 1 N–H and O–H groups in total. The van der Waals surface area contributed by atoms with Gasteiger partial charge in [0, 0.05) is 12.5 Å². The molecule has 1 rings (SSSR count). The Morgan fingerprint density at radius 2 is 1.56 bits per heavy atom. The molecule has 0 fully saturated rings. The van der Waals surface area contributed by atoms with Gasteiger partial charge in [0.25, 0.3) is 0 Å². The maximum absolute atomic E-state index is 9.44. The van der Waals surface area contributed by atoms with Crippen LogP contribution in [0.4, 0.5) is 0 Å². The molecule has 0 aliphatic rings. The molecule has 0 saturated carbocycles. The van der Waals surface area contributed by atoms with Crippen LogP contribution in [0.25, 0.3) is 0 Å². The van der Waals surface area contributed by atoms with Gasteiger partial charge in [-0.2, -0.15) is 0 Å². The number of rotatable bonds is 6. The molecule has 0 heterocycles. The standard InChI is InChI=1S/C14H22O4/c1-14(2,9-15)10-6-12(17-4)11(8-16-3)13(7-10)18-5/h6-7,15H,8-9H2,1-5H3. The van der Waals surface area contributed by atoms with E-state index in [9.17, 15) is 5.11 Å². The van der Waals surface area contributed by atoms with E-state index in [-0.39, 0.29) is 12.0 Å². The van der Waals surface area contributed by atoms with E-state index in [1.807, 2.05) is 26.0 Å². The van der Waals surface area contributed by atoms with E-state index in [2.05, 4.69) is 0 Å². The molecule has 0 aliphatic carbocycles. The lowest BCUT2D eigenvalue weighted by molar-refractivity contribution is 0.177. The van der Waals surface area contributed by atoms with Gasteiger partial charge in [0.05, 0.1) is 33.0 Å². The van der Waals surface area contributed by atoms with Crippen molar-refractivity contribution >= 4 is 0 Å². The molecule has 0 saturated heterocycles. The van der Waals surface area contributed by atoms with Crippen LogP contribution in [0, 0.1) is 0 Å². The number of hydrogen-bond donors (Lipinski definition) is 1. The zero-order chi connectivity index (χ0) is 13.8. The van der Waals surface area contributed by atoms with Crippen LogP contribution in [-0.2, 0) is 16.8 Å². The lowest BCUT2D eigenvalue weighted by Crippen LogP contribution is -2.22. The highest BCUT2D eigenvalue weighted by Gasteiger charge is 2.23. The van der Waals surface area contributed by atoms with Crippen LogP contribution in [0.5, 0.6) is 11.5 Å². The van der Waals surface area contributed by atoms with Crippen LogP contribution in [0.15, 0.2) is 12.1 Å². The first-order chi connectivity index (χ1) is 8.50. The minimum atomic E-state index is -0.341. The van der Waals surface area contributed by atoms with Crippen LogP contribution in [0.2, 0.25) is 0 Å². The van der Waals surface area contributed by atoms with Gasteiger partial charge in [-0.1, -0.05) is 13.8 Å². The maximum atomic E-state index is 9.44. The van der Waals surface area contributed by atoms with Crippen LogP contribution < -0.4 is 9.47 Å². The first-order valence-electron chi connectivity index (χ1n) is 5.85. The van der Waals surface area contributed by atoms with Crippen LogP contribution in [-0.4, -0.2) is 33.0 Å². The van der Waals surface area contributed by atoms with E-state index < -0.39 is 0 Å². The summed E-state index contributed by atoms with van der Waals surface area (Å²) in [5.74, 6) is 1.43. The summed E-state index contributed by atoms with van der Waals surface area (Å²) in [6, 6.07) is 3.85. The number of aliphatic hydroxyl groups excluding tert-OH is 1. The first-order valence-corrected chi connectivity index (χ1v) is 5.85. The van der Waals surface area contributed by atoms with Crippen molar-refractivity contribution in [1.29, 1.82) is 0 Å². The molecule has 0 aliphatic heterocycles. The second-order valence-electron chi connectivity index (χ2n) is 4.83. The van der Waals surface area contributed by atoms with Gasteiger partial charge in [-0.15, -0.1) is 0 Å². The Kier molecular flexibility index (Phi) is 4.99. The second kappa shape index (κ2) is 6.07. The molecule has 0 amide bonds. The lowest BCUT2D eigenvalue weighted by atomic mass is 9.84. The minimum absolute atomic E-state index is 0.0585. The van der Waals surface area contributed by atoms with Crippen LogP contribution in [0.3, 0.4) is 0 Å². The fourth-order valence-electron chi connectivity index (χ4n) is 1.75. The van der Waals surface area contributed by atoms with Crippen molar-refractivity contribution in [3.05, 3.63) is 23.3 Å². The Balaban J connectivity index is 3.34. The predicted octanol–water partition coefficient (Wildman–Crippen LogP) is 2.12. The van der Waals surface area contributed by atoms with Gasteiger partial charge >= 0.3 is 0 Å². The summed E-state index contributed by atoms with van der Waals surface area (Å²) < 4.78 is 15.9. The number of aliphatic hydroxyl groups is 1. The van der Waals surface area contributed by atoms with Crippen LogP contribution >= 0.6 is 0 Å². The van der Waals surface area contributed by atoms with Crippen LogP contribution in [0.1, 0.15) is 25.0 Å². The Morgan fingerprint density at radius 1 is 1.06 bits per heavy atom. The van der Waals surface area contributed by atoms with E-state index >= 15 is 0 Å². The van der Waals surface area contributed by atoms with Gasteiger partial charge < -0.3 is 19.3 Å². The second-order valence-corrected chi connectivity index (χ2v) is 4.83. The van der Waals surface area contributed by atoms with Crippen molar-refractivity contribution in [2.75, 3.05) is 27.9 Å². The highest BCUT2D eigenvalue weighted by Crippen LogP contribution is 2.35. The molecule has 0 radical (unpaired) electrons. The van der Waals surface area contributed by atoms with Gasteiger partial charge in [-0.3, -0.25) is 0 Å². The van der Waals surface area contributed by atoms with Gasteiger partial charge in [0.15, 0.2) is 0 Å². The van der Waals surface area contributed by atoms with Gasteiger partial charge in [0.1, 0.15) is 11.5 Å². The normalized spacial score (nSPS) is 11.4. The number of hydrogen-bond acceptors (Lipinski definition) is 4. The average Bonchev–Trinajstić information content (AvgIpc) is 2.38. The van der Waals surface area contributed by atoms with E-state index in [1.165, 1.54) is 0 Å². The summed E-state index contributed by atoms with van der Waals surface area (Å²) in [4.78, 5) is 0. The molecule has 18 heavy (non-hydrogen) atoms. The fraction of sp³-hybridized carbons (Fsp3) is 0.571. The highest BCUT2D eigenvalue weighted by atomic mass is 16.5. The molecule has 0 bridgehead atoms. The molecule has 0 unspecified atom stereocenters. The number of benzene rings is 1. The molecule has 1 aromatic rings. The zero-order valence-electron chi connectivity index (χ0n) is 11.7. The number of ether oxygens (including phenoxy) is 3. The van der Waals surface area contributed by atoms with Crippen molar-refractivity contribution in [1.82, 2.24) is 0 Å². The summed E-state index contributed by atoms with van der Waals surface area (Å²) in [5, 5.41) is 9.44. The van der Waals surface area contributed by atoms with E-state index in [1.54, 1.807) is 21.3 Å². The lowest BCUT2D eigenvalue weighted by Gasteiger charge is -2.25. The molecule has 4 heteroatoms. The fourth-order valence-corrected chi connectivity index (χ4v) is 1.75. The van der Waals surface area contributed by atoms with Crippen molar-refractivity contribution in [2.24, 2.45) is 0 Å². The summed E-state index contributed by atoms with van der Waals surface area (Å²) in [5.41, 5.74) is 1.50. The van der Waals surface area contributed by atoms with Crippen molar-refractivity contribution in [2.45, 2.75) is 25.9 Å². The minimum Gasteiger partial charge on any atom is -0.496 e. The molecule has 0 spiro atoms. The molecule has 0 aromatic heterocycles. The Morgan fingerprint density at radius 3 is 1.89 bits per heavy atom. The van der Waals surface area contributed by atoms with E-state index in [0.717, 1.165) is 11.1 Å². The molecule has 102 valence electrons. The summed E-state index contributed by atoms with van der Waals surface area (Å²) in [6.07, 6.45) is 0. The number of methoxy groups -OCH3 is 3. The third kappa shape index (κ3) is 2.94. The molecule has 0 atom stereocenters. The van der Waals surface area contributed by atoms with E-state index in [4.69, 9.17) is 14.2 Å². The first kappa shape index (κ1) is 14.8. The summed E-state index contributed by atoms with van der Waals surface area (Å²) >= 11 is 0. The summed E-state index contributed by atoms with van der Waals surface area (Å²) in [7, 11) is 4.86. The SMILES string of the molecule is COCc1c(OC)cc(C(C)(C)CO)cc1OC. The third-order valence-corrected chi connectivity index (χ3v) is 3.07. The van der Waals surface area contributed by atoms with E-state index in [0.29, 0.717) is 18.1 Å². The molecule has 1 aromatic carbocycles. The van der Waals surface area contributed by atoms with Gasteiger partial charge in [0.2, 0.25) is 0 Å². The largest absolute Gasteiger partial charge is 0.496 e. The van der Waals surface area contributed by atoms with Crippen molar-refractivity contribution < 1.29 is 19.3 Å². The smallest absolute Gasteiger partial charge is 0.128 e. The van der Waals surface area contributed by atoms with Gasteiger partial charge in [-0.05, 0) is 17.7 Å². The Hall–Kier alpha value is -1.26. The molecule has 4 nitrogen and oxygen atoms in total. The Labute approximate surface area is 108 Å². The molecular formula is C14H22O4.